The Kier molecular flexibility index (Phi) is 4.70. The molecule has 1 aliphatic rings. The average molecular weight is 349 g/mol. The number of hydrogen-bond donors (Lipinski definition) is 0. The Morgan fingerprint density at radius 3 is 2.60 bits per heavy atom. The molecule has 0 saturated carbocycles. The number of amides is 1. The number of halogens is 3. The quantitative estimate of drug-likeness (QED) is 0.841. The monoisotopic (exact) mass is 349 g/mol. The van der Waals surface area contributed by atoms with E-state index in [4.69, 9.17) is 4.74 Å². The van der Waals surface area contributed by atoms with Crippen molar-refractivity contribution in [3.63, 3.8) is 0 Å². The molecule has 0 aliphatic carbocycles. The number of fused-ring (bicyclic) bond motifs is 1. The summed E-state index contributed by atoms with van der Waals surface area (Å²) in [6, 6.07) is 12.8. The molecule has 132 valence electrons. The van der Waals surface area contributed by atoms with E-state index < -0.39 is 17.7 Å². The van der Waals surface area contributed by atoms with E-state index in [2.05, 4.69) is 0 Å². The van der Waals surface area contributed by atoms with E-state index in [0.29, 0.717) is 6.42 Å². The van der Waals surface area contributed by atoms with Gasteiger partial charge in [-0.2, -0.15) is 13.2 Å². The number of carbonyl (C=O) groups is 1. The molecule has 3 rings (SSSR count). The molecule has 0 spiro atoms. The van der Waals surface area contributed by atoms with Crippen LogP contribution in [0.2, 0.25) is 0 Å². The molecule has 0 bridgehead atoms. The maximum Gasteiger partial charge on any atom is 0.416 e. The first-order valence-electron chi connectivity index (χ1n) is 7.97. The van der Waals surface area contributed by atoms with Crippen molar-refractivity contribution in [1.82, 2.24) is 4.90 Å². The molecule has 25 heavy (non-hydrogen) atoms. The van der Waals surface area contributed by atoms with E-state index in [9.17, 15) is 18.0 Å². The van der Waals surface area contributed by atoms with Crippen LogP contribution in [0, 0.1) is 5.92 Å². The molecule has 0 fully saturated rings. The fourth-order valence-corrected chi connectivity index (χ4v) is 3.07. The van der Waals surface area contributed by atoms with Gasteiger partial charge in [0.25, 0.3) is 0 Å². The van der Waals surface area contributed by atoms with Gasteiger partial charge >= 0.3 is 6.18 Å². The van der Waals surface area contributed by atoms with Crippen LogP contribution in [0.1, 0.15) is 16.7 Å². The summed E-state index contributed by atoms with van der Waals surface area (Å²) in [6.07, 6.45) is -3.91. The predicted molar refractivity (Wildman–Crippen MR) is 87.0 cm³/mol. The number of nitrogens with zero attached hydrogens (tertiary/aromatic N) is 1. The van der Waals surface area contributed by atoms with Crippen molar-refractivity contribution in [2.45, 2.75) is 19.1 Å². The molecule has 1 unspecified atom stereocenters. The normalized spacial score (nSPS) is 16.7. The van der Waals surface area contributed by atoms with Crippen LogP contribution in [0.3, 0.4) is 0 Å². The van der Waals surface area contributed by atoms with Gasteiger partial charge in [0.1, 0.15) is 12.4 Å². The minimum Gasteiger partial charge on any atom is -0.492 e. The van der Waals surface area contributed by atoms with Crippen LogP contribution in [0.15, 0.2) is 48.5 Å². The summed E-state index contributed by atoms with van der Waals surface area (Å²) in [7, 11) is 1.52. The SMILES string of the molecule is CN(Cc1ccccc1C(F)(F)F)C(=O)C1COc2ccccc2C1. The van der Waals surface area contributed by atoms with Gasteiger partial charge in [0.15, 0.2) is 0 Å². The van der Waals surface area contributed by atoms with E-state index in [1.165, 1.54) is 24.1 Å². The molecule has 3 nitrogen and oxygen atoms in total. The lowest BCUT2D eigenvalue weighted by Gasteiger charge is -2.28. The number of hydrogen-bond acceptors (Lipinski definition) is 2. The summed E-state index contributed by atoms with van der Waals surface area (Å²) < 4.78 is 44.9. The van der Waals surface area contributed by atoms with Gasteiger partial charge in [-0.15, -0.1) is 0 Å². The smallest absolute Gasteiger partial charge is 0.416 e. The van der Waals surface area contributed by atoms with Gasteiger partial charge in [0.05, 0.1) is 11.5 Å². The Morgan fingerprint density at radius 2 is 1.84 bits per heavy atom. The van der Waals surface area contributed by atoms with Crippen molar-refractivity contribution >= 4 is 5.91 Å². The maximum absolute atomic E-state index is 13.1. The third-order valence-corrected chi connectivity index (χ3v) is 4.33. The van der Waals surface area contributed by atoms with Gasteiger partial charge in [-0.05, 0) is 29.7 Å². The zero-order valence-corrected chi connectivity index (χ0v) is 13.7. The highest BCUT2D eigenvalue weighted by Crippen LogP contribution is 2.33. The summed E-state index contributed by atoms with van der Waals surface area (Å²) in [5.41, 5.74) is 0.319. The summed E-state index contributed by atoms with van der Waals surface area (Å²) in [4.78, 5) is 14.0. The summed E-state index contributed by atoms with van der Waals surface area (Å²) in [5, 5.41) is 0. The summed E-state index contributed by atoms with van der Waals surface area (Å²) in [5.74, 6) is 0.154. The molecule has 1 aliphatic heterocycles. The Hall–Kier alpha value is -2.50. The molecule has 1 heterocycles. The number of benzene rings is 2. The molecule has 0 radical (unpaired) electrons. The lowest BCUT2D eigenvalue weighted by Crippen LogP contribution is -2.38. The first kappa shape index (κ1) is 17.3. The van der Waals surface area contributed by atoms with Gasteiger partial charge in [0, 0.05) is 13.6 Å². The average Bonchev–Trinajstić information content (AvgIpc) is 2.60. The first-order chi connectivity index (χ1) is 11.9. The lowest BCUT2D eigenvalue weighted by molar-refractivity contribution is -0.140. The van der Waals surface area contributed by atoms with Crippen molar-refractivity contribution in [2.75, 3.05) is 13.7 Å². The zero-order chi connectivity index (χ0) is 18.0. The van der Waals surface area contributed by atoms with Gasteiger partial charge in [-0.25, -0.2) is 0 Å². The molecule has 1 atom stereocenters. The van der Waals surface area contributed by atoms with Crippen molar-refractivity contribution in [2.24, 2.45) is 5.92 Å². The van der Waals surface area contributed by atoms with Crippen LogP contribution in [-0.4, -0.2) is 24.5 Å². The fraction of sp³-hybridized carbons (Fsp3) is 0.316. The lowest BCUT2D eigenvalue weighted by atomic mass is 9.95. The Balaban J connectivity index is 1.72. The second-order valence-corrected chi connectivity index (χ2v) is 6.17. The van der Waals surface area contributed by atoms with E-state index in [-0.39, 0.29) is 24.6 Å². The molecule has 2 aromatic carbocycles. The molecule has 6 heteroatoms. The number of ether oxygens (including phenoxy) is 1. The maximum atomic E-state index is 13.1. The largest absolute Gasteiger partial charge is 0.492 e. The van der Waals surface area contributed by atoms with Crippen molar-refractivity contribution in [3.05, 3.63) is 65.2 Å². The zero-order valence-electron chi connectivity index (χ0n) is 13.7. The number of carbonyl (C=O) groups excluding carboxylic acids is 1. The number of rotatable bonds is 3. The third-order valence-electron chi connectivity index (χ3n) is 4.33. The van der Waals surface area contributed by atoms with Gasteiger partial charge in [0.2, 0.25) is 5.91 Å². The standard InChI is InChI=1S/C19H18F3NO2/c1-23(11-14-7-2-4-8-16(14)19(20,21)22)18(24)15-10-13-6-3-5-9-17(13)25-12-15/h2-9,15H,10-12H2,1H3. The van der Waals surface area contributed by atoms with Crippen LogP contribution in [0.25, 0.3) is 0 Å². The number of alkyl halides is 3. The third kappa shape index (κ3) is 3.78. The fourth-order valence-electron chi connectivity index (χ4n) is 3.07. The second kappa shape index (κ2) is 6.78. The minimum absolute atomic E-state index is 0.0861. The van der Waals surface area contributed by atoms with E-state index in [0.717, 1.165) is 17.4 Å². The second-order valence-electron chi connectivity index (χ2n) is 6.17. The summed E-state index contributed by atoms with van der Waals surface area (Å²) >= 11 is 0. The molecular formula is C19H18F3NO2. The van der Waals surface area contributed by atoms with Crippen molar-refractivity contribution in [3.8, 4) is 5.75 Å². The molecule has 2 aromatic rings. The van der Waals surface area contributed by atoms with E-state index in [1.807, 2.05) is 24.3 Å². The molecule has 0 aromatic heterocycles. The predicted octanol–water partition coefficient (Wildman–Crippen LogP) is 3.92. The molecule has 0 saturated heterocycles. The van der Waals surface area contributed by atoms with Crippen LogP contribution in [0.5, 0.6) is 5.75 Å². The topological polar surface area (TPSA) is 29.5 Å². The van der Waals surface area contributed by atoms with Crippen molar-refractivity contribution in [1.29, 1.82) is 0 Å². The van der Waals surface area contributed by atoms with Crippen LogP contribution >= 0.6 is 0 Å². The highest BCUT2D eigenvalue weighted by Gasteiger charge is 2.34. The van der Waals surface area contributed by atoms with Crippen molar-refractivity contribution < 1.29 is 22.7 Å². The van der Waals surface area contributed by atoms with Crippen LogP contribution in [0.4, 0.5) is 13.2 Å². The summed E-state index contributed by atoms with van der Waals surface area (Å²) in [6.45, 7) is 0.147. The van der Waals surface area contributed by atoms with Gasteiger partial charge < -0.3 is 9.64 Å². The molecule has 1 amide bonds. The van der Waals surface area contributed by atoms with Crippen LogP contribution < -0.4 is 4.74 Å². The first-order valence-corrected chi connectivity index (χ1v) is 7.97. The molecular weight excluding hydrogens is 331 g/mol. The number of para-hydroxylation sites is 1. The minimum atomic E-state index is -4.44. The Bertz CT molecular complexity index is 773. The highest BCUT2D eigenvalue weighted by atomic mass is 19.4. The van der Waals surface area contributed by atoms with E-state index >= 15 is 0 Å². The van der Waals surface area contributed by atoms with E-state index in [1.54, 1.807) is 6.07 Å². The Morgan fingerprint density at radius 1 is 1.16 bits per heavy atom. The Labute approximate surface area is 144 Å². The molecule has 0 N–H and O–H groups in total. The van der Waals surface area contributed by atoms with Gasteiger partial charge in [-0.1, -0.05) is 36.4 Å². The van der Waals surface area contributed by atoms with Gasteiger partial charge in [-0.3, -0.25) is 4.79 Å². The highest BCUT2D eigenvalue weighted by molar-refractivity contribution is 5.79. The van der Waals surface area contributed by atoms with Crippen LogP contribution in [-0.2, 0) is 23.9 Å².